The molecule has 0 bridgehead atoms. The van der Waals surface area contributed by atoms with Gasteiger partial charge in [0.2, 0.25) is 5.91 Å². The maximum Gasteiger partial charge on any atom is 0.231 e. The summed E-state index contributed by atoms with van der Waals surface area (Å²) in [7, 11) is 1.72. The van der Waals surface area contributed by atoms with Crippen LogP contribution in [0.4, 0.5) is 5.82 Å². The van der Waals surface area contributed by atoms with Gasteiger partial charge in [-0.3, -0.25) is 14.7 Å². The second kappa shape index (κ2) is 4.65. The van der Waals surface area contributed by atoms with Crippen molar-refractivity contribution in [2.45, 2.75) is 38.7 Å². The van der Waals surface area contributed by atoms with Crippen LogP contribution in [-0.4, -0.2) is 28.0 Å². The fourth-order valence-electron chi connectivity index (χ4n) is 1.85. The van der Waals surface area contributed by atoms with Crippen molar-refractivity contribution < 1.29 is 9.90 Å². The van der Waals surface area contributed by atoms with E-state index < -0.39 is 5.60 Å². The normalized spacial score (nSPS) is 16.2. The summed E-state index contributed by atoms with van der Waals surface area (Å²) in [6, 6.07) is 0. The lowest BCUT2D eigenvalue weighted by Gasteiger charge is -2.28. The minimum absolute atomic E-state index is 0.103. The minimum atomic E-state index is -1.01. The van der Waals surface area contributed by atoms with E-state index in [1.54, 1.807) is 25.8 Å². The molecule has 0 unspecified atom stereocenters. The lowest BCUT2D eigenvalue weighted by Crippen LogP contribution is -2.36. The largest absolute Gasteiger partial charge is 0.384 e. The lowest BCUT2D eigenvalue weighted by atomic mass is 9.84. The van der Waals surface area contributed by atoms with Gasteiger partial charge in [0, 0.05) is 13.0 Å². The lowest BCUT2D eigenvalue weighted by molar-refractivity contribution is -0.124. The number of carbonyl (C=O) groups excluding carboxylic acids is 1. The summed E-state index contributed by atoms with van der Waals surface area (Å²) < 4.78 is 0. The number of amides is 1. The summed E-state index contributed by atoms with van der Waals surface area (Å²) in [4.78, 5) is 21.9. The van der Waals surface area contributed by atoms with E-state index in [1.165, 1.54) is 12.4 Å². The second-order valence-electron chi connectivity index (χ2n) is 5.34. The predicted octanol–water partition coefficient (Wildman–Crippen LogP) is 1.47. The highest BCUT2D eigenvalue weighted by Gasteiger charge is 2.29. The number of anilines is 1. The molecule has 1 saturated carbocycles. The highest BCUT2D eigenvalue weighted by Crippen LogP contribution is 2.29. The van der Waals surface area contributed by atoms with Crippen LogP contribution in [0.25, 0.3) is 0 Å². The van der Waals surface area contributed by atoms with Gasteiger partial charge < -0.3 is 5.11 Å². The maximum absolute atomic E-state index is 12.0. The molecular weight excluding hydrogens is 230 g/mol. The molecule has 0 spiro atoms. The SMILES string of the molecule is CN(C(=O)C1CCC1)c1cnc(C(C)(C)O)cn1. The zero-order valence-corrected chi connectivity index (χ0v) is 11.1. The van der Waals surface area contributed by atoms with E-state index in [-0.39, 0.29) is 11.8 Å². The number of nitrogens with zero attached hydrogens (tertiary/aromatic N) is 3. The van der Waals surface area contributed by atoms with E-state index in [2.05, 4.69) is 9.97 Å². The Morgan fingerprint density at radius 3 is 2.44 bits per heavy atom. The van der Waals surface area contributed by atoms with E-state index in [4.69, 9.17) is 0 Å². The quantitative estimate of drug-likeness (QED) is 0.880. The molecule has 1 fully saturated rings. The standard InChI is InChI=1S/C13H19N3O2/c1-13(2,18)10-7-15-11(8-14-10)16(3)12(17)9-5-4-6-9/h7-9,18H,4-6H2,1-3H3. The number of hydrogen-bond donors (Lipinski definition) is 1. The number of hydrogen-bond acceptors (Lipinski definition) is 4. The molecule has 0 atom stereocenters. The van der Waals surface area contributed by atoms with Gasteiger partial charge in [-0.25, -0.2) is 4.98 Å². The first-order valence-corrected chi connectivity index (χ1v) is 6.22. The minimum Gasteiger partial charge on any atom is -0.384 e. The second-order valence-corrected chi connectivity index (χ2v) is 5.34. The van der Waals surface area contributed by atoms with Crippen LogP contribution in [0, 0.1) is 5.92 Å². The zero-order valence-electron chi connectivity index (χ0n) is 11.1. The molecule has 5 nitrogen and oxygen atoms in total. The van der Waals surface area contributed by atoms with Gasteiger partial charge in [-0.1, -0.05) is 6.42 Å². The molecule has 1 amide bonds. The highest BCUT2D eigenvalue weighted by molar-refractivity contribution is 5.93. The maximum atomic E-state index is 12.0. The van der Waals surface area contributed by atoms with Gasteiger partial charge in [0.25, 0.3) is 0 Å². The third-order valence-corrected chi connectivity index (χ3v) is 3.39. The molecular formula is C13H19N3O2. The number of carbonyl (C=O) groups is 1. The molecule has 18 heavy (non-hydrogen) atoms. The number of aromatic nitrogens is 2. The summed E-state index contributed by atoms with van der Waals surface area (Å²) in [6.07, 6.45) is 6.12. The highest BCUT2D eigenvalue weighted by atomic mass is 16.3. The first kappa shape index (κ1) is 13.0. The van der Waals surface area contributed by atoms with Crippen LogP contribution < -0.4 is 4.90 Å². The average Bonchev–Trinajstić information content (AvgIpc) is 2.24. The van der Waals surface area contributed by atoms with Crippen LogP contribution in [0.15, 0.2) is 12.4 Å². The Bertz CT molecular complexity index is 433. The van der Waals surface area contributed by atoms with Crippen molar-refractivity contribution in [2.75, 3.05) is 11.9 Å². The van der Waals surface area contributed by atoms with Crippen LogP contribution in [0.1, 0.15) is 38.8 Å². The fourth-order valence-corrected chi connectivity index (χ4v) is 1.85. The summed E-state index contributed by atoms with van der Waals surface area (Å²) in [5.41, 5.74) is -0.516. The summed E-state index contributed by atoms with van der Waals surface area (Å²) in [5, 5.41) is 9.78. The van der Waals surface area contributed by atoms with Gasteiger partial charge in [-0.15, -0.1) is 0 Å². The van der Waals surface area contributed by atoms with Crippen LogP contribution in [0.5, 0.6) is 0 Å². The molecule has 0 aromatic carbocycles. The van der Waals surface area contributed by atoms with Crippen LogP contribution >= 0.6 is 0 Å². The van der Waals surface area contributed by atoms with Crippen molar-refractivity contribution in [2.24, 2.45) is 5.92 Å². The Morgan fingerprint density at radius 2 is 2.06 bits per heavy atom. The summed E-state index contributed by atoms with van der Waals surface area (Å²) in [6.45, 7) is 3.31. The molecule has 1 aliphatic carbocycles. The third-order valence-electron chi connectivity index (χ3n) is 3.39. The monoisotopic (exact) mass is 249 g/mol. The summed E-state index contributed by atoms with van der Waals surface area (Å²) in [5.74, 6) is 0.775. The Kier molecular flexibility index (Phi) is 3.34. The van der Waals surface area contributed by atoms with E-state index in [0.717, 1.165) is 19.3 Å². The van der Waals surface area contributed by atoms with Gasteiger partial charge in [-0.2, -0.15) is 0 Å². The number of aliphatic hydroxyl groups is 1. The van der Waals surface area contributed by atoms with E-state index in [0.29, 0.717) is 11.5 Å². The summed E-state index contributed by atoms with van der Waals surface area (Å²) >= 11 is 0. The first-order chi connectivity index (χ1) is 8.39. The topological polar surface area (TPSA) is 66.3 Å². The molecule has 1 heterocycles. The van der Waals surface area contributed by atoms with Crippen molar-refractivity contribution in [3.8, 4) is 0 Å². The molecule has 0 aliphatic heterocycles. The van der Waals surface area contributed by atoms with Gasteiger partial charge in [-0.05, 0) is 26.7 Å². The van der Waals surface area contributed by atoms with Crippen molar-refractivity contribution in [1.82, 2.24) is 9.97 Å². The first-order valence-electron chi connectivity index (χ1n) is 6.22. The van der Waals surface area contributed by atoms with Gasteiger partial charge in [0.05, 0.1) is 18.1 Å². The Balaban J connectivity index is 2.11. The third kappa shape index (κ3) is 2.51. The number of rotatable bonds is 3. The van der Waals surface area contributed by atoms with Gasteiger partial charge >= 0.3 is 0 Å². The van der Waals surface area contributed by atoms with Crippen LogP contribution in [-0.2, 0) is 10.4 Å². The van der Waals surface area contributed by atoms with E-state index in [1.807, 2.05) is 0 Å². The molecule has 1 N–H and O–H groups in total. The molecule has 1 aromatic heterocycles. The molecule has 1 aliphatic rings. The zero-order chi connectivity index (χ0) is 13.3. The van der Waals surface area contributed by atoms with Crippen molar-refractivity contribution in [3.63, 3.8) is 0 Å². The molecule has 0 saturated heterocycles. The molecule has 2 rings (SSSR count). The fraction of sp³-hybridized carbons (Fsp3) is 0.615. The Labute approximate surface area is 107 Å². The van der Waals surface area contributed by atoms with Crippen molar-refractivity contribution in [1.29, 1.82) is 0 Å². The van der Waals surface area contributed by atoms with Gasteiger partial charge in [0.1, 0.15) is 5.60 Å². The predicted molar refractivity (Wildman–Crippen MR) is 68.0 cm³/mol. The van der Waals surface area contributed by atoms with Gasteiger partial charge in [0.15, 0.2) is 5.82 Å². The Morgan fingerprint density at radius 1 is 1.39 bits per heavy atom. The molecule has 5 heteroatoms. The van der Waals surface area contributed by atoms with Crippen LogP contribution in [0.3, 0.4) is 0 Å². The van der Waals surface area contributed by atoms with E-state index >= 15 is 0 Å². The molecule has 1 aromatic rings. The molecule has 0 radical (unpaired) electrons. The smallest absolute Gasteiger partial charge is 0.231 e. The van der Waals surface area contributed by atoms with Crippen molar-refractivity contribution >= 4 is 11.7 Å². The van der Waals surface area contributed by atoms with Crippen molar-refractivity contribution in [3.05, 3.63) is 18.1 Å². The van der Waals surface area contributed by atoms with Crippen LogP contribution in [0.2, 0.25) is 0 Å². The van der Waals surface area contributed by atoms with E-state index in [9.17, 15) is 9.90 Å². The molecule has 98 valence electrons. The Hall–Kier alpha value is -1.49. The average molecular weight is 249 g/mol.